The van der Waals surface area contributed by atoms with Gasteiger partial charge >= 0.3 is 0 Å². The maximum Gasteiger partial charge on any atom is 0.235 e. The van der Waals surface area contributed by atoms with Gasteiger partial charge in [0.1, 0.15) is 0 Å². The molecule has 0 unspecified atom stereocenters. The lowest BCUT2D eigenvalue weighted by molar-refractivity contribution is 0.600. The van der Waals surface area contributed by atoms with Gasteiger partial charge in [0, 0.05) is 17.6 Å². The fourth-order valence-electron chi connectivity index (χ4n) is 2.48. The molecule has 1 aliphatic carbocycles. The average molecular weight is 321 g/mol. The van der Waals surface area contributed by atoms with Crippen molar-refractivity contribution in [2.24, 2.45) is 4.99 Å². The topological polar surface area (TPSA) is 61.8 Å². The van der Waals surface area contributed by atoms with E-state index in [1.165, 1.54) is 0 Å². The molecule has 1 N–H and O–H groups in total. The number of hydrogen-bond donors (Lipinski definition) is 1. The van der Waals surface area contributed by atoms with E-state index >= 15 is 0 Å². The number of nitrogens with zero attached hydrogens (tertiary/aromatic N) is 2. The van der Waals surface area contributed by atoms with Crippen LogP contribution in [-0.2, 0) is 10.0 Å². The highest BCUT2D eigenvalue weighted by Gasteiger charge is 2.35. The lowest BCUT2D eigenvalue weighted by Gasteiger charge is -2.17. The zero-order valence-corrected chi connectivity index (χ0v) is 13.0. The quantitative estimate of drug-likeness (QED) is 0.924. The lowest BCUT2D eigenvalue weighted by atomic mass is 10.1. The SMILES string of the molecule is O=S(=O)(Nc1ccc(C2=CSC3=NCCN23)cc1)C1CC1. The molecule has 0 atom stereocenters. The first-order chi connectivity index (χ1) is 10.1. The summed E-state index contributed by atoms with van der Waals surface area (Å²) < 4.78 is 26.5. The number of rotatable bonds is 4. The highest BCUT2D eigenvalue weighted by Crippen LogP contribution is 2.36. The van der Waals surface area contributed by atoms with E-state index in [2.05, 4.69) is 20.0 Å². The second kappa shape index (κ2) is 4.78. The molecule has 0 radical (unpaired) electrons. The molecule has 0 spiro atoms. The van der Waals surface area contributed by atoms with Crippen molar-refractivity contribution in [1.82, 2.24) is 4.90 Å². The molecule has 1 saturated carbocycles. The van der Waals surface area contributed by atoms with Crippen molar-refractivity contribution in [3.8, 4) is 0 Å². The van der Waals surface area contributed by atoms with Crippen LogP contribution in [0.15, 0.2) is 34.7 Å². The van der Waals surface area contributed by atoms with Crippen LogP contribution in [0.4, 0.5) is 5.69 Å². The highest BCUT2D eigenvalue weighted by molar-refractivity contribution is 8.16. The molecule has 0 saturated heterocycles. The van der Waals surface area contributed by atoms with Gasteiger partial charge in [0.05, 0.1) is 17.5 Å². The summed E-state index contributed by atoms with van der Waals surface area (Å²) >= 11 is 1.64. The number of anilines is 1. The molecule has 0 aromatic heterocycles. The molecule has 0 bridgehead atoms. The standard InChI is InChI=1S/C14H15N3O2S2/c18-21(19,12-5-6-12)16-11-3-1-10(2-4-11)13-9-20-14-15-7-8-17(13)14/h1-4,9,12,16H,5-8H2. The first-order valence-corrected chi connectivity index (χ1v) is 9.37. The largest absolute Gasteiger partial charge is 0.318 e. The monoisotopic (exact) mass is 321 g/mol. The molecule has 21 heavy (non-hydrogen) atoms. The van der Waals surface area contributed by atoms with Crippen molar-refractivity contribution in [3.63, 3.8) is 0 Å². The van der Waals surface area contributed by atoms with Crippen molar-refractivity contribution in [2.45, 2.75) is 18.1 Å². The number of nitrogens with one attached hydrogen (secondary N) is 1. The Labute approximate surface area is 128 Å². The predicted octanol–water partition coefficient (Wildman–Crippen LogP) is 2.31. The smallest absolute Gasteiger partial charge is 0.235 e. The maximum atomic E-state index is 11.9. The summed E-state index contributed by atoms with van der Waals surface area (Å²) in [7, 11) is -3.18. The van der Waals surface area contributed by atoms with Crippen LogP contribution in [0.1, 0.15) is 18.4 Å². The predicted molar refractivity (Wildman–Crippen MR) is 86.6 cm³/mol. The summed E-state index contributed by atoms with van der Waals surface area (Å²) in [5.41, 5.74) is 2.86. The Morgan fingerprint density at radius 1 is 1.24 bits per heavy atom. The molecule has 2 heterocycles. The van der Waals surface area contributed by atoms with Gasteiger partial charge in [-0.15, -0.1) is 0 Å². The molecule has 3 aliphatic rings. The van der Waals surface area contributed by atoms with Crippen molar-refractivity contribution in [3.05, 3.63) is 35.2 Å². The molecule has 5 nitrogen and oxygen atoms in total. The number of amidine groups is 1. The average Bonchev–Trinajstić information content (AvgIpc) is 3.10. The van der Waals surface area contributed by atoms with Crippen LogP contribution in [0.5, 0.6) is 0 Å². The number of sulfonamides is 1. The number of thioether (sulfide) groups is 1. The van der Waals surface area contributed by atoms with E-state index in [1.54, 1.807) is 11.8 Å². The number of benzene rings is 1. The van der Waals surface area contributed by atoms with Crippen molar-refractivity contribution >= 4 is 38.3 Å². The molecule has 1 fully saturated rings. The van der Waals surface area contributed by atoms with Crippen molar-refractivity contribution in [1.29, 1.82) is 0 Å². The van der Waals surface area contributed by atoms with Gasteiger partial charge in [-0.3, -0.25) is 9.71 Å². The Balaban J connectivity index is 1.53. The Morgan fingerprint density at radius 3 is 2.71 bits per heavy atom. The number of aliphatic imine (C=N–C) groups is 1. The van der Waals surface area contributed by atoms with Crippen LogP contribution < -0.4 is 4.72 Å². The van der Waals surface area contributed by atoms with Gasteiger partial charge in [-0.1, -0.05) is 23.9 Å². The Morgan fingerprint density at radius 2 is 2.00 bits per heavy atom. The van der Waals surface area contributed by atoms with E-state index < -0.39 is 10.0 Å². The minimum Gasteiger partial charge on any atom is -0.318 e. The van der Waals surface area contributed by atoms with Crippen molar-refractivity contribution < 1.29 is 8.42 Å². The fourth-order valence-corrected chi connectivity index (χ4v) is 4.83. The first-order valence-electron chi connectivity index (χ1n) is 6.94. The number of fused-ring (bicyclic) bond motifs is 1. The van der Waals surface area contributed by atoms with E-state index in [-0.39, 0.29) is 5.25 Å². The fraction of sp³-hybridized carbons (Fsp3) is 0.357. The highest BCUT2D eigenvalue weighted by atomic mass is 32.2. The zero-order valence-electron chi connectivity index (χ0n) is 11.3. The van der Waals surface area contributed by atoms with Crippen LogP contribution >= 0.6 is 11.8 Å². The van der Waals surface area contributed by atoms with E-state index in [4.69, 9.17) is 0 Å². The van der Waals surface area contributed by atoms with Gasteiger partial charge in [-0.25, -0.2) is 8.42 Å². The summed E-state index contributed by atoms with van der Waals surface area (Å²) in [6.07, 6.45) is 1.54. The summed E-state index contributed by atoms with van der Waals surface area (Å²) in [4.78, 5) is 6.63. The third kappa shape index (κ3) is 2.44. The minimum atomic E-state index is -3.18. The maximum absolute atomic E-state index is 11.9. The first kappa shape index (κ1) is 13.2. The molecular weight excluding hydrogens is 306 g/mol. The molecule has 7 heteroatoms. The van der Waals surface area contributed by atoms with Gasteiger partial charge < -0.3 is 4.90 Å². The van der Waals surface area contributed by atoms with Gasteiger partial charge in [-0.2, -0.15) is 0 Å². The van der Waals surface area contributed by atoms with Crippen molar-refractivity contribution in [2.75, 3.05) is 17.8 Å². The Hall–Kier alpha value is -1.47. The van der Waals surface area contributed by atoms with Gasteiger partial charge in [-0.05, 0) is 30.5 Å². The molecule has 0 amide bonds. The minimum absolute atomic E-state index is 0.200. The van der Waals surface area contributed by atoms with Crippen LogP contribution in [0.3, 0.4) is 0 Å². The molecular formula is C14H15N3O2S2. The second-order valence-electron chi connectivity index (χ2n) is 5.36. The summed E-state index contributed by atoms with van der Waals surface area (Å²) in [6.45, 7) is 1.77. The zero-order chi connectivity index (χ0) is 14.4. The Kier molecular flexibility index (Phi) is 3.00. The van der Waals surface area contributed by atoms with Crippen LogP contribution in [0.2, 0.25) is 0 Å². The molecule has 1 aromatic rings. The summed E-state index contributed by atoms with van der Waals surface area (Å²) in [5, 5.41) is 2.96. The van der Waals surface area contributed by atoms with E-state index in [9.17, 15) is 8.42 Å². The third-order valence-electron chi connectivity index (χ3n) is 3.77. The van der Waals surface area contributed by atoms with Crippen LogP contribution in [0, 0.1) is 0 Å². The van der Waals surface area contributed by atoms with Gasteiger partial charge in [0.25, 0.3) is 0 Å². The molecule has 2 aliphatic heterocycles. The third-order valence-corrected chi connectivity index (χ3v) is 6.54. The normalized spacial score (nSPS) is 21.0. The van der Waals surface area contributed by atoms with Crippen LogP contribution in [0.25, 0.3) is 5.70 Å². The molecule has 110 valence electrons. The summed E-state index contributed by atoms with van der Waals surface area (Å²) in [6, 6.07) is 7.56. The van der Waals surface area contributed by atoms with E-state index in [1.807, 2.05) is 24.3 Å². The van der Waals surface area contributed by atoms with Crippen LogP contribution in [-0.4, -0.2) is 36.8 Å². The van der Waals surface area contributed by atoms with Gasteiger partial charge in [0.15, 0.2) is 5.17 Å². The Bertz CT molecular complexity index is 734. The number of hydrogen-bond acceptors (Lipinski definition) is 5. The van der Waals surface area contributed by atoms with Gasteiger partial charge in [0.2, 0.25) is 10.0 Å². The lowest BCUT2D eigenvalue weighted by Crippen LogP contribution is -2.20. The molecule has 1 aromatic carbocycles. The van der Waals surface area contributed by atoms with E-state index in [0.717, 1.165) is 42.4 Å². The second-order valence-corrected chi connectivity index (χ2v) is 8.16. The molecule has 4 rings (SSSR count). The van der Waals surface area contributed by atoms with E-state index in [0.29, 0.717) is 5.69 Å². The summed E-state index contributed by atoms with van der Waals surface area (Å²) in [5.74, 6) is 0.